The van der Waals surface area contributed by atoms with E-state index in [1.54, 1.807) is 0 Å². The summed E-state index contributed by atoms with van der Waals surface area (Å²) in [6.07, 6.45) is 7.40. The van der Waals surface area contributed by atoms with E-state index in [2.05, 4.69) is 10.6 Å². The van der Waals surface area contributed by atoms with E-state index in [0.717, 1.165) is 43.8 Å². The Morgan fingerprint density at radius 3 is 2.33 bits per heavy atom. The van der Waals surface area contributed by atoms with Crippen LogP contribution in [0.25, 0.3) is 0 Å². The molecule has 15 heavy (non-hydrogen) atoms. The minimum absolute atomic E-state index is 0.739. The summed E-state index contributed by atoms with van der Waals surface area (Å²) < 4.78 is 0.987. The first kappa shape index (κ1) is 11.6. The molecule has 0 aromatic carbocycles. The summed E-state index contributed by atoms with van der Waals surface area (Å²) in [6, 6.07) is 0. The highest BCUT2D eigenvalue weighted by Crippen LogP contribution is 2.18. The largest absolute Gasteiger partial charge is 0.324 e. The lowest BCUT2D eigenvalue weighted by Gasteiger charge is -2.33. The van der Waals surface area contributed by atoms with Gasteiger partial charge in [0.05, 0.1) is 19.6 Å². The smallest absolute Gasteiger partial charge is 0.181 e. The van der Waals surface area contributed by atoms with E-state index in [9.17, 15) is 0 Å². The number of rotatable bonds is 6. The highest BCUT2D eigenvalue weighted by atomic mass is 15.4. The van der Waals surface area contributed by atoms with Gasteiger partial charge in [-0.05, 0) is 0 Å². The first-order chi connectivity index (χ1) is 7.33. The first-order valence-electron chi connectivity index (χ1n) is 5.42. The summed E-state index contributed by atoms with van der Waals surface area (Å²) in [5, 5.41) is 22.3. The van der Waals surface area contributed by atoms with Crippen LogP contribution in [0.3, 0.4) is 0 Å². The predicted molar refractivity (Wildman–Crippen MR) is 55.9 cm³/mol. The number of hydrogen-bond donors (Lipinski definition) is 2. The van der Waals surface area contributed by atoms with Gasteiger partial charge < -0.3 is 9.80 Å². The Kier molecular flexibility index (Phi) is 4.73. The molecular weight excluding hydrogens is 190 g/mol. The van der Waals surface area contributed by atoms with E-state index in [-0.39, 0.29) is 0 Å². The van der Waals surface area contributed by atoms with Gasteiger partial charge in [-0.3, -0.25) is 5.32 Å². The Morgan fingerprint density at radius 1 is 1.07 bits per heavy atom. The fourth-order valence-corrected chi connectivity index (χ4v) is 2.23. The van der Waals surface area contributed by atoms with E-state index >= 15 is 0 Å². The minimum Gasteiger partial charge on any atom is -0.324 e. The van der Waals surface area contributed by atoms with Crippen molar-refractivity contribution in [3.8, 4) is 12.4 Å². The summed E-state index contributed by atoms with van der Waals surface area (Å²) in [5.41, 5.74) is 0. The Labute approximate surface area is 90.9 Å². The Morgan fingerprint density at radius 2 is 1.73 bits per heavy atom. The minimum atomic E-state index is 0.739. The molecule has 2 N–H and O–H groups in total. The molecule has 0 amide bonds. The van der Waals surface area contributed by atoms with Gasteiger partial charge in [-0.15, -0.1) is 0 Å². The quantitative estimate of drug-likeness (QED) is 0.281. The number of hydrogen-bond acceptors (Lipinski definition) is 4. The van der Waals surface area contributed by atoms with Gasteiger partial charge in [0.15, 0.2) is 19.1 Å². The Bertz CT molecular complexity index is 256. The molecule has 82 valence electrons. The van der Waals surface area contributed by atoms with E-state index in [4.69, 9.17) is 10.5 Å². The van der Waals surface area contributed by atoms with E-state index < -0.39 is 0 Å². The fourth-order valence-electron chi connectivity index (χ4n) is 2.23. The third-order valence-corrected chi connectivity index (χ3v) is 3.02. The Hall–Kier alpha value is -1.46. The average Bonchev–Trinajstić information content (AvgIpc) is 2.71. The summed E-state index contributed by atoms with van der Waals surface area (Å²) in [7, 11) is 0. The van der Waals surface area contributed by atoms with Crippen molar-refractivity contribution in [2.45, 2.75) is 19.3 Å². The molecule has 0 atom stereocenters. The molecule has 0 aromatic rings. The molecule has 0 radical (unpaired) electrons. The maximum absolute atomic E-state index is 8.52. The fraction of sp³-hybridized carbons (Fsp3) is 0.800. The third kappa shape index (κ3) is 3.65. The second-order valence-electron chi connectivity index (χ2n) is 4.06. The van der Waals surface area contributed by atoms with Crippen LogP contribution >= 0.6 is 0 Å². The second-order valence-corrected chi connectivity index (χ2v) is 4.06. The van der Waals surface area contributed by atoms with Crippen molar-refractivity contribution in [2.75, 3.05) is 32.8 Å². The molecular formula is C10H18N5+. The highest BCUT2D eigenvalue weighted by molar-refractivity contribution is 4.66. The number of nitrogens with zero attached hydrogens (tertiary/aromatic N) is 3. The van der Waals surface area contributed by atoms with Gasteiger partial charge in [0.2, 0.25) is 0 Å². The molecule has 1 heterocycles. The van der Waals surface area contributed by atoms with Crippen molar-refractivity contribution in [2.24, 2.45) is 0 Å². The van der Waals surface area contributed by atoms with Crippen LogP contribution in [0.1, 0.15) is 19.3 Å². The standard InChI is InChI=1S/C10H18N5/c11-8-13-4-3-7-15(10-14-9-12)5-1-2-6-15/h13-14H,1-7,10H2/q+1. The van der Waals surface area contributed by atoms with Crippen LogP contribution < -0.4 is 10.6 Å². The lowest BCUT2D eigenvalue weighted by atomic mass is 10.3. The van der Waals surface area contributed by atoms with Crippen molar-refractivity contribution in [3.05, 3.63) is 0 Å². The zero-order valence-corrected chi connectivity index (χ0v) is 9.00. The molecule has 1 aliphatic heterocycles. The molecule has 0 aromatic heterocycles. The molecule has 0 unspecified atom stereocenters. The normalized spacial score (nSPS) is 17.7. The van der Waals surface area contributed by atoms with E-state index in [1.807, 2.05) is 12.4 Å². The highest BCUT2D eigenvalue weighted by Gasteiger charge is 2.30. The number of nitrogens with one attached hydrogen (secondary N) is 2. The summed E-state index contributed by atoms with van der Waals surface area (Å²) in [4.78, 5) is 0. The van der Waals surface area contributed by atoms with Gasteiger partial charge in [-0.2, -0.15) is 10.5 Å². The van der Waals surface area contributed by atoms with Gasteiger partial charge >= 0.3 is 0 Å². The molecule has 5 heteroatoms. The topological polar surface area (TPSA) is 71.6 Å². The molecule has 0 aliphatic carbocycles. The van der Waals surface area contributed by atoms with Crippen LogP contribution in [0.2, 0.25) is 0 Å². The molecule has 1 rings (SSSR count). The number of likely N-dealkylation sites (tertiary alicyclic amines) is 1. The number of nitriles is 2. The summed E-state index contributed by atoms with van der Waals surface area (Å²) in [5.74, 6) is 0. The lowest BCUT2D eigenvalue weighted by molar-refractivity contribution is -0.918. The molecule has 1 saturated heterocycles. The Balaban J connectivity index is 2.30. The molecule has 1 fully saturated rings. The van der Waals surface area contributed by atoms with Crippen molar-refractivity contribution < 1.29 is 4.48 Å². The van der Waals surface area contributed by atoms with Gasteiger partial charge in [0.25, 0.3) is 0 Å². The third-order valence-electron chi connectivity index (χ3n) is 3.02. The van der Waals surface area contributed by atoms with Crippen molar-refractivity contribution >= 4 is 0 Å². The lowest BCUT2D eigenvalue weighted by Crippen LogP contribution is -2.51. The van der Waals surface area contributed by atoms with Gasteiger partial charge in [-0.25, -0.2) is 0 Å². The van der Waals surface area contributed by atoms with Crippen molar-refractivity contribution in [3.63, 3.8) is 0 Å². The van der Waals surface area contributed by atoms with Crippen molar-refractivity contribution in [1.29, 1.82) is 10.5 Å². The van der Waals surface area contributed by atoms with Crippen LogP contribution in [0.15, 0.2) is 0 Å². The molecule has 0 saturated carbocycles. The summed E-state index contributed by atoms with van der Waals surface area (Å²) in [6.45, 7) is 4.83. The molecule has 0 bridgehead atoms. The van der Waals surface area contributed by atoms with Crippen LogP contribution in [0.4, 0.5) is 0 Å². The van der Waals surface area contributed by atoms with Crippen LogP contribution in [0, 0.1) is 22.9 Å². The second kappa shape index (κ2) is 6.10. The van der Waals surface area contributed by atoms with E-state index in [0.29, 0.717) is 0 Å². The molecule has 0 spiro atoms. The zero-order chi connectivity index (χ0) is 11.0. The summed E-state index contributed by atoms with van der Waals surface area (Å²) >= 11 is 0. The van der Waals surface area contributed by atoms with Gasteiger partial charge in [-0.1, -0.05) is 0 Å². The van der Waals surface area contributed by atoms with E-state index in [1.165, 1.54) is 12.8 Å². The van der Waals surface area contributed by atoms with Gasteiger partial charge in [0, 0.05) is 25.8 Å². The SMILES string of the molecule is N#CNCCC[N+]1(CNC#N)CCCC1. The van der Waals surface area contributed by atoms with Crippen LogP contribution in [-0.2, 0) is 0 Å². The molecule has 5 nitrogen and oxygen atoms in total. The van der Waals surface area contributed by atoms with Crippen LogP contribution in [0.5, 0.6) is 0 Å². The zero-order valence-electron chi connectivity index (χ0n) is 9.00. The first-order valence-corrected chi connectivity index (χ1v) is 5.42. The predicted octanol–water partition coefficient (Wildman–Crippen LogP) is 0.0860. The monoisotopic (exact) mass is 208 g/mol. The maximum atomic E-state index is 8.52. The molecule has 1 aliphatic rings. The van der Waals surface area contributed by atoms with Crippen molar-refractivity contribution in [1.82, 2.24) is 10.6 Å². The average molecular weight is 208 g/mol. The van der Waals surface area contributed by atoms with Gasteiger partial charge in [0.1, 0.15) is 0 Å². The maximum Gasteiger partial charge on any atom is 0.181 e. The van der Waals surface area contributed by atoms with Crippen LogP contribution in [-0.4, -0.2) is 37.3 Å². The number of quaternary nitrogens is 1.